The minimum Gasteiger partial charge on any atom is -0.271 e. The van der Waals surface area contributed by atoms with E-state index in [2.05, 4.69) is 10.4 Å². The van der Waals surface area contributed by atoms with Crippen LogP contribution < -0.4 is 11.3 Å². The highest BCUT2D eigenvalue weighted by Crippen LogP contribution is 2.28. The highest BCUT2D eigenvalue weighted by Gasteiger charge is 2.16. The van der Waals surface area contributed by atoms with E-state index in [0.717, 1.165) is 27.5 Å². The molecule has 4 heteroatoms. The maximum atomic E-state index is 13.7. The Hall–Kier alpha value is -2.30. The number of halogens is 1. The zero-order valence-corrected chi connectivity index (χ0v) is 11.7. The van der Waals surface area contributed by atoms with Gasteiger partial charge in [0.2, 0.25) is 0 Å². The molecular weight excluding hydrogens is 265 g/mol. The number of hydrogen-bond acceptors (Lipinski definition) is 3. The minimum atomic E-state index is -0.285. The summed E-state index contributed by atoms with van der Waals surface area (Å²) < 4.78 is 13.7. The van der Waals surface area contributed by atoms with Gasteiger partial charge in [-0.25, -0.2) is 9.82 Å². The van der Waals surface area contributed by atoms with Crippen LogP contribution in [0.1, 0.15) is 22.7 Å². The van der Waals surface area contributed by atoms with Gasteiger partial charge in [0.1, 0.15) is 5.82 Å². The largest absolute Gasteiger partial charge is 0.271 e. The molecule has 0 saturated carbocycles. The van der Waals surface area contributed by atoms with E-state index < -0.39 is 0 Å². The number of aryl methyl sites for hydroxylation is 1. The second kappa shape index (κ2) is 5.60. The Bertz CT molecular complexity index is 760. The fraction of sp³-hybridized carbons (Fsp3) is 0.118. The van der Waals surface area contributed by atoms with E-state index in [1.807, 2.05) is 37.3 Å². The van der Waals surface area contributed by atoms with Gasteiger partial charge in [-0.3, -0.25) is 10.8 Å². The Kier molecular flexibility index (Phi) is 3.64. The summed E-state index contributed by atoms with van der Waals surface area (Å²) in [5, 5.41) is 2.08. The number of hydrazine groups is 1. The molecule has 1 heterocycles. The number of hydrogen-bond donors (Lipinski definition) is 2. The molecule has 0 fully saturated rings. The number of pyridine rings is 1. The molecule has 1 aromatic heterocycles. The highest BCUT2D eigenvalue weighted by atomic mass is 19.1. The van der Waals surface area contributed by atoms with Crippen LogP contribution in [0.15, 0.2) is 54.9 Å². The zero-order chi connectivity index (χ0) is 14.8. The molecule has 0 aliphatic rings. The number of fused-ring (bicyclic) bond motifs is 1. The molecular formula is C17H16FN3. The lowest BCUT2D eigenvalue weighted by molar-refractivity contribution is 0.605. The molecule has 3 N–H and O–H groups in total. The van der Waals surface area contributed by atoms with Crippen molar-refractivity contribution in [1.29, 1.82) is 0 Å². The van der Waals surface area contributed by atoms with E-state index in [-0.39, 0.29) is 11.9 Å². The van der Waals surface area contributed by atoms with Crippen LogP contribution in [-0.4, -0.2) is 4.98 Å². The Balaban J connectivity index is 2.18. The Morgan fingerprint density at radius 3 is 2.81 bits per heavy atom. The molecule has 0 radical (unpaired) electrons. The van der Waals surface area contributed by atoms with E-state index >= 15 is 0 Å². The molecule has 3 rings (SSSR count). The van der Waals surface area contributed by atoms with Crippen molar-refractivity contribution in [3.8, 4) is 0 Å². The third kappa shape index (κ3) is 2.63. The summed E-state index contributed by atoms with van der Waals surface area (Å²) in [7, 11) is 0. The smallest absolute Gasteiger partial charge is 0.123 e. The van der Waals surface area contributed by atoms with Crippen molar-refractivity contribution in [1.82, 2.24) is 10.4 Å². The van der Waals surface area contributed by atoms with Crippen LogP contribution in [0.4, 0.5) is 4.39 Å². The van der Waals surface area contributed by atoms with Crippen molar-refractivity contribution in [2.24, 2.45) is 5.84 Å². The molecule has 3 nitrogen and oxygen atoms in total. The normalized spacial score (nSPS) is 12.5. The first kappa shape index (κ1) is 13.7. The molecule has 0 aliphatic heterocycles. The first-order chi connectivity index (χ1) is 10.2. The summed E-state index contributed by atoms with van der Waals surface area (Å²) in [4.78, 5) is 4.18. The van der Waals surface area contributed by atoms with Gasteiger partial charge < -0.3 is 0 Å². The average Bonchev–Trinajstić information content (AvgIpc) is 2.47. The maximum Gasteiger partial charge on any atom is 0.123 e. The first-order valence-electron chi connectivity index (χ1n) is 6.75. The number of benzene rings is 2. The molecule has 1 atom stereocenters. The molecule has 3 aromatic rings. The maximum absolute atomic E-state index is 13.7. The number of nitrogens with zero attached hydrogens (tertiary/aromatic N) is 1. The van der Waals surface area contributed by atoms with Gasteiger partial charge in [-0.05, 0) is 47.2 Å². The van der Waals surface area contributed by atoms with Gasteiger partial charge in [0.05, 0.1) is 6.04 Å². The monoisotopic (exact) mass is 281 g/mol. The number of aromatic nitrogens is 1. The third-order valence-electron chi connectivity index (χ3n) is 3.59. The predicted octanol–water partition coefficient (Wildman–Crippen LogP) is 3.24. The van der Waals surface area contributed by atoms with Crippen LogP contribution in [0.2, 0.25) is 0 Å². The molecule has 1 unspecified atom stereocenters. The van der Waals surface area contributed by atoms with Crippen LogP contribution in [-0.2, 0) is 0 Å². The molecule has 106 valence electrons. The lowest BCUT2D eigenvalue weighted by Crippen LogP contribution is -2.29. The van der Waals surface area contributed by atoms with Crippen molar-refractivity contribution >= 4 is 10.8 Å². The summed E-state index contributed by atoms with van der Waals surface area (Å²) in [5.74, 6) is 5.47. The molecule has 0 spiro atoms. The van der Waals surface area contributed by atoms with E-state index in [0.29, 0.717) is 0 Å². The zero-order valence-electron chi connectivity index (χ0n) is 11.7. The summed E-state index contributed by atoms with van der Waals surface area (Å²) >= 11 is 0. The molecule has 0 saturated heterocycles. The number of rotatable bonds is 3. The SMILES string of the molecule is Cc1cc(F)cc(C(NN)c2cccc3ccncc23)c1. The molecule has 0 amide bonds. The third-order valence-corrected chi connectivity index (χ3v) is 3.59. The molecule has 21 heavy (non-hydrogen) atoms. The molecule has 2 aromatic carbocycles. The van der Waals surface area contributed by atoms with Crippen LogP contribution >= 0.6 is 0 Å². The molecule has 0 bridgehead atoms. The van der Waals surface area contributed by atoms with Gasteiger partial charge in [-0.1, -0.05) is 24.3 Å². The second-order valence-electron chi connectivity index (χ2n) is 5.11. The fourth-order valence-corrected chi connectivity index (χ4v) is 2.69. The summed E-state index contributed by atoms with van der Waals surface area (Å²) in [6, 6.07) is 12.6. The van der Waals surface area contributed by atoms with E-state index in [4.69, 9.17) is 5.84 Å². The second-order valence-corrected chi connectivity index (χ2v) is 5.11. The van der Waals surface area contributed by atoms with Crippen LogP contribution in [0.3, 0.4) is 0 Å². The van der Waals surface area contributed by atoms with E-state index in [1.54, 1.807) is 12.4 Å². The summed E-state index contributed by atoms with van der Waals surface area (Å²) in [6.45, 7) is 1.87. The number of nitrogens with one attached hydrogen (secondary N) is 1. The quantitative estimate of drug-likeness (QED) is 0.572. The van der Waals surface area contributed by atoms with E-state index in [9.17, 15) is 4.39 Å². The average molecular weight is 281 g/mol. The Morgan fingerprint density at radius 2 is 2.05 bits per heavy atom. The van der Waals surface area contributed by atoms with Crippen LogP contribution in [0.25, 0.3) is 10.8 Å². The van der Waals surface area contributed by atoms with Gasteiger partial charge >= 0.3 is 0 Å². The van der Waals surface area contributed by atoms with Gasteiger partial charge in [0.25, 0.3) is 0 Å². The predicted molar refractivity (Wildman–Crippen MR) is 82.0 cm³/mol. The van der Waals surface area contributed by atoms with Crippen LogP contribution in [0, 0.1) is 12.7 Å². The van der Waals surface area contributed by atoms with Crippen molar-refractivity contribution in [3.05, 3.63) is 77.4 Å². The fourth-order valence-electron chi connectivity index (χ4n) is 2.69. The van der Waals surface area contributed by atoms with E-state index in [1.165, 1.54) is 12.1 Å². The topological polar surface area (TPSA) is 50.9 Å². The standard InChI is InChI=1S/C17H16FN3/c1-11-7-13(9-14(18)8-11)17(21-19)15-4-2-3-12-5-6-20-10-16(12)15/h2-10,17,21H,19H2,1H3. The lowest BCUT2D eigenvalue weighted by Gasteiger charge is -2.19. The summed E-state index contributed by atoms with van der Waals surface area (Å²) in [5.41, 5.74) is 5.43. The Morgan fingerprint density at radius 1 is 1.19 bits per heavy atom. The van der Waals surface area contributed by atoms with Crippen molar-refractivity contribution in [3.63, 3.8) is 0 Å². The first-order valence-corrected chi connectivity index (χ1v) is 6.75. The lowest BCUT2D eigenvalue weighted by atomic mass is 9.94. The summed E-state index contributed by atoms with van der Waals surface area (Å²) in [6.07, 6.45) is 3.56. The van der Waals surface area contributed by atoms with Gasteiger partial charge in [0, 0.05) is 17.8 Å². The number of nitrogens with two attached hydrogens (primary N) is 1. The van der Waals surface area contributed by atoms with Gasteiger partial charge in [-0.2, -0.15) is 0 Å². The van der Waals surface area contributed by atoms with Crippen molar-refractivity contribution in [2.75, 3.05) is 0 Å². The van der Waals surface area contributed by atoms with Crippen molar-refractivity contribution < 1.29 is 4.39 Å². The van der Waals surface area contributed by atoms with Gasteiger partial charge in [-0.15, -0.1) is 0 Å². The van der Waals surface area contributed by atoms with Crippen LogP contribution in [0.5, 0.6) is 0 Å². The van der Waals surface area contributed by atoms with Crippen molar-refractivity contribution in [2.45, 2.75) is 13.0 Å². The Labute approximate surface area is 122 Å². The van der Waals surface area contributed by atoms with Gasteiger partial charge in [0.15, 0.2) is 0 Å². The molecule has 0 aliphatic carbocycles. The highest BCUT2D eigenvalue weighted by molar-refractivity contribution is 5.85. The minimum absolute atomic E-state index is 0.261.